The average Bonchev–Trinajstić information content (AvgIpc) is 2.74. The Labute approximate surface area is 121 Å². The summed E-state index contributed by atoms with van der Waals surface area (Å²) in [5, 5.41) is 0.874. The monoisotopic (exact) mass is 300 g/mol. The highest BCUT2D eigenvalue weighted by Gasteiger charge is 2.31. The number of halogens is 3. The van der Waals surface area contributed by atoms with Crippen molar-refractivity contribution in [1.29, 1.82) is 0 Å². The van der Waals surface area contributed by atoms with Crippen LogP contribution in [0.25, 0.3) is 11.0 Å². The van der Waals surface area contributed by atoms with Crippen LogP contribution >= 0.6 is 0 Å². The zero-order valence-electron chi connectivity index (χ0n) is 11.9. The van der Waals surface area contributed by atoms with E-state index in [0.717, 1.165) is 10.9 Å². The maximum absolute atomic E-state index is 12.6. The smallest absolute Gasteiger partial charge is 0.401 e. The van der Waals surface area contributed by atoms with Gasteiger partial charge >= 0.3 is 6.18 Å². The maximum Gasteiger partial charge on any atom is 0.401 e. The summed E-state index contributed by atoms with van der Waals surface area (Å²) >= 11 is 0. The minimum Gasteiger partial charge on any atom is -0.459 e. The van der Waals surface area contributed by atoms with E-state index >= 15 is 0 Å². The molecule has 0 bridgehead atoms. The topological polar surface area (TPSA) is 42.4 Å². The predicted molar refractivity (Wildman–Crippen MR) is 75.7 cm³/mol. The third kappa shape index (κ3) is 3.98. The highest BCUT2D eigenvalue weighted by atomic mass is 19.4. The lowest BCUT2D eigenvalue weighted by molar-refractivity contribution is -0.147. The molecule has 0 saturated carbocycles. The minimum absolute atomic E-state index is 0.120. The van der Waals surface area contributed by atoms with Crippen molar-refractivity contribution in [2.75, 3.05) is 13.1 Å². The minimum atomic E-state index is -4.22. The van der Waals surface area contributed by atoms with Crippen LogP contribution in [0.4, 0.5) is 13.2 Å². The van der Waals surface area contributed by atoms with Gasteiger partial charge in [-0.25, -0.2) is 0 Å². The van der Waals surface area contributed by atoms with Crippen molar-refractivity contribution in [2.24, 2.45) is 5.73 Å². The van der Waals surface area contributed by atoms with Gasteiger partial charge in [0.15, 0.2) is 0 Å². The summed E-state index contributed by atoms with van der Waals surface area (Å²) < 4.78 is 43.6. The van der Waals surface area contributed by atoms with Gasteiger partial charge in [0.2, 0.25) is 0 Å². The van der Waals surface area contributed by atoms with Gasteiger partial charge in [0.25, 0.3) is 0 Å². The normalized spacial score (nSPS) is 12.5. The molecule has 0 aliphatic carbocycles. The molecule has 0 unspecified atom stereocenters. The Morgan fingerprint density at radius 3 is 2.57 bits per heavy atom. The number of hydrogen-bond donors (Lipinski definition) is 1. The molecule has 1 aromatic heterocycles. The van der Waals surface area contributed by atoms with Gasteiger partial charge in [-0.05, 0) is 19.0 Å². The van der Waals surface area contributed by atoms with Crippen molar-refractivity contribution in [3.8, 4) is 0 Å². The summed E-state index contributed by atoms with van der Waals surface area (Å²) in [4.78, 5) is 1.34. The first kappa shape index (κ1) is 15.9. The molecule has 3 nitrogen and oxygen atoms in total. The molecule has 0 aliphatic heterocycles. The summed E-state index contributed by atoms with van der Waals surface area (Å²) in [5.74, 6) is 0.524. The first-order valence-corrected chi connectivity index (χ1v) is 6.93. The second kappa shape index (κ2) is 6.49. The molecular formula is C15H19F3N2O. The maximum atomic E-state index is 12.6. The molecule has 116 valence electrons. The number of hydrogen-bond acceptors (Lipinski definition) is 3. The SMILES string of the molecule is CCCN(Cc1oc2ccccc2c1CN)CC(F)(F)F. The Bertz CT molecular complexity index is 592. The molecule has 0 atom stereocenters. The number of rotatable bonds is 6. The van der Waals surface area contributed by atoms with Gasteiger partial charge in [-0.2, -0.15) is 13.2 Å². The van der Waals surface area contributed by atoms with Gasteiger partial charge in [0, 0.05) is 17.5 Å². The summed E-state index contributed by atoms with van der Waals surface area (Å²) in [6.07, 6.45) is -3.57. The average molecular weight is 300 g/mol. The summed E-state index contributed by atoms with van der Waals surface area (Å²) in [6, 6.07) is 7.36. The standard InChI is InChI=1S/C15H19F3N2O/c1-2-7-20(10-15(16,17)18)9-14-12(8-19)11-5-3-4-6-13(11)21-14/h3-6H,2,7-10,19H2,1H3. The van der Waals surface area contributed by atoms with Gasteiger partial charge in [0.1, 0.15) is 11.3 Å². The van der Waals surface area contributed by atoms with Crippen molar-refractivity contribution >= 4 is 11.0 Å². The van der Waals surface area contributed by atoms with E-state index in [-0.39, 0.29) is 13.1 Å². The van der Waals surface area contributed by atoms with Crippen LogP contribution in [0, 0.1) is 0 Å². The molecule has 2 rings (SSSR count). The van der Waals surface area contributed by atoms with Crippen LogP contribution in [-0.2, 0) is 13.1 Å². The van der Waals surface area contributed by atoms with Gasteiger partial charge in [-0.1, -0.05) is 25.1 Å². The van der Waals surface area contributed by atoms with E-state index in [1.807, 2.05) is 25.1 Å². The van der Waals surface area contributed by atoms with Crippen LogP contribution in [0.3, 0.4) is 0 Å². The summed E-state index contributed by atoms with van der Waals surface area (Å²) in [6.45, 7) is 1.64. The van der Waals surface area contributed by atoms with Crippen molar-refractivity contribution in [3.63, 3.8) is 0 Å². The Kier molecular flexibility index (Phi) is 4.90. The molecule has 0 saturated heterocycles. The van der Waals surface area contributed by atoms with E-state index in [2.05, 4.69) is 0 Å². The van der Waals surface area contributed by atoms with Crippen LogP contribution in [-0.4, -0.2) is 24.2 Å². The fourth-order valence-corrected chi connectivity index (χ4v) is 2.49. The fourth-order valence-electron chi connectivity index (χ4n) is 2.49. The molecule has 2 aromatic rings. The molecule has 0 spiro atoms. The number of nitrogens with two attached hydrogens (primary N) is 1. The number of benzene rings is 1. The number of para-hydroxylation sites is 1. The second-order valence-corrected chi connectivity index (χ2v) is 5.03. The van der Waals surface area contributed by atoms with E-state index in [9.17, 15) is 13.2 Å². The largest absolute Gasteiger partial charge is 0.459 e. The molecule has 2 N–H and O–H groups in total. The number of alkyl halides is 3. The molecule has 6 heteroatoms. The van der Waals surface area contributed by atoms with Crippen molar-refractivity contribution in [1.82, 2.24) is 4.90 Å². The van der Waals surface area contributed by atoms with Crippen LogP contribution < -0.4 is 5.73 Å². The lowest BCUT2D eigenvalue weighted by Gasteiger charge is -2.22. The van der Waals surface area contributed by atoms with Crippen molar-refractivity contribution < 1.29 is 17.6 Å². The molecule has 0 radical (unpaired) electrons. The zero-order chi connectivity index (χ0) is 15.5. The number of fused-ring (bicyclic) bond motifs is 1. The summed E-state index contributed by atoms with van der Waals surface area (Å²) in [7, 11) is 0. The van der Waals surface area contributed by atoms with E-state index in [1.54, 1.807) is 6.07 Å². The van der Waals surface area contributed by atoms with E-state index in [4.69, 9.17) is 10.2 Å². The lowest BCUT2D eigenvalue weighted by Crippen LogP contribution is -2.34. The van der Waals surface area contributed by atoms with E-state index in [0.29, 0.717) is 24.3 Å². The lowest BCUT2D eigenvalue weighted by atomic mass is 10.1. The van der Waals surface area contributed by atoms with Crippen molar-refractivity contribution in [2.45, 2.75) is 32.6 Å². The highest BCUT2D eigenvalue weighted by Crippen LogP contribution is 2.27. The van der Waals surface area contributed by atoms with E-state index in [1.165, 1.54) is 4.90 Å². The third-order valence-corrected chi connectivity index (χ3v) is 3.30. The van der Waals surface area contributed by atoms with Gasteiger partial charge in [0.05, 0.1) is 13.1 Å². The highest BCUT2D eigenvalue weighted by molar-refractivity contribution is 5.82. The van der Waals surface area contributed by atoms with Gasteiger partial charge < -0.3 is 10.2 Å². The first-order valence-electron chi connectivity index (χ1n) is 6.93. The summed E-state index contributed by atoms with van der Waals surface area (Å²) in [5.41, 5.74) is 7.19. The predicted octanol–water partition coefficient (Wildman–Crippen LogP) is 3.67. The Morgan fingerprint density at radius 2 is 1.95 bits per heavy atom. The van der Waals surface area contributed by atoms with Crippen LogP contribution in [0.1, 0.15) is 24.7 Å². The van der Waals surface area contributed by atoms with Crippen LogP contribution in [0.5, 0.6) is 0 Å². The molecular weight excluding hydrogens is 281 g/mol. The van der Waals surface area contributed by atoms with Crippen LogP contribution in [0.2, 0.25) is 0 Å². The van der Waals surface area contributed by atoms with E-state index < -0.39 is 12.7 Å². The van der Waals surface area contributed by atoms with Crippen LogP contribution in [0.15, 0.2) is 28.7 Å². The molecule has 0 amide bonds. The Morgan fingerprint density at radius 1 is 1.24 bits per heavy atom. The third-order valence-electron chi connectivity index (χ3n) is 3.30. The quantitative estimate of drug-likeness (QED) is 0.885. The van der Waals surface area contributed by atoms with Gasteiger partial charge in [-0.15, -0.1) is 0 Å². The number of furan rings is 1. The number of nitrogens with zero attached hydrogens (tertiary/aromatic N) is 1. The van der Waals surface area contributed by atoms with Gasteiger partial charge in [-0.3, -0.25) is 4.90 Å². The Balaban J connectivity index is 2.27. The molecule has 0 fully saturated rings. The zero-order valence-corrected chi connectivity index (χ0v) is 11.9. The molecule has 1 aromatic carbocycles. The first-order chi connectivity index (χ1) is 9.94. The second-order valence-electron chi connectivity index (χ2n) is 5.03. The van der Waals surface area contributed by atoms with Crippen molar-refractivity contribution in [3.05, 3.63) is 35.6 Å². The fraction of sp³-hybridized carbons (Fsp3) is 0.467. The molecule has 1 heterocycles. The molecule has 21 heavy (non-hydrogen) atoms. The Hall–Kier alpha value is -1.53. The molecule has 0 aliphatic rings.